The number of halogens is 2. The quantitative estimate of drug-likeness (QED) is 0.741. The summed E-state index contributed by atoms with van der Waals surface area (Å²) in [4.78, 5) is 12.4. The number of rotatable bonds is 6. The summed E-state index contributed by atoms with van der Waals surface area (Å²) in [5, 5.41) is 2.94. The minimum Gasteiger partial charge on any atom is -0.349 e. The molecule has 136 valence electrons. The van der Waals surface area contributed by atoms with E-state index in [0.717, 1.165) is 37.8 Å². The zero-order valence-electron chi connectivity index (χ0n) is 13.6. The molecule has 0 heterocycles. The van der Waals surface area contributed by atoms with Crippen LogP contribution >= 0.6 is 12.4 Å². The summed E-state index contributed by atoms with van der Waals surface area (Å²) in [6.45, 7) is 1.94. The fourth-order valence-corrected chi connectivity index (χ4v) is 4.51. The van der Waals surface area contributed by atoms with Crippen molar-refractivity contribution in [3.05, 3.63) is 30.1 Å². The Hall–Kier alpha value is -1.18. The van der Waals surface area contributed by atoms with Crippen LogP contribution in [0.5, 0.6) is 0 Å². The number of benzene rings is 1. The van der Waals surface area contributed by atoms with E-state index >= 15 is 0 Å². The highest BCUT2D eigenvalue weighted by Gasteiger charge is 2.35. The van der Waals surface area contributed by atoms with Crippen LogP contribution in [0.1, 0.15) is 32.6 Å². The molecule has 24 heavy (non-hydrogen) atoms. The zero-order valence-corrected chi connectivity index (χ0v) is 15.3. The van der Waals surface area contributed by atoms with Gasteiger partial charge in [0.15, 0.2) is 9.84 Å². The van der Waals surface area contributed by atoms with Crippen LogP contribution in [0.15, 0.2) is 29.2 Å². The molecule has 1 fully saturated rings. The van der Waals surface area contributed by atoms with E-state index in [4.69, 9.17) is 5.73 Å². The Morgan fingerprint density at radius 3 is 2.33 bits per heavy atom. The first-order chi connectivity index (χ1) is 10.8. The van der Waals surface area contributed by atoms with Crippen LogP contribution < -0.4 is 11.1 Å². The Kier molecular flexibility index (Phi) is 7.19. The van der Waals surface area contributed by atoms with Gasteiger partial charge in [0.1, 0.15) is 5.82 Å². The van der Waals surface area contributed by atoms with E-state index in [-0.39, 0.29) is 29.0 Å². The van der Waals surface area contributed by atoms with E-state index in [2.05, 4.69) is 5.32 Å². The molecule has 3 N–H and O–H groups in total. The summed E-state index contributed by atoms with van der Waals surface area (Å²) in [5.74, 6) is -1.82. The lowest BCUT2D eigenvalue weighted by Crippen LogP contribution is -2.53. The van der Waals surface area contributed by atoms with Crippen LogP contribution in [0.4, 0.5) is 4.39 Å². The van der Waals surface area contributed by atoms with Gasteiger partial charge in [0.25, 0.3) is 0 Å². The molecule has 0 radical (unpaired) electrons. The maximum Gasteiger partial charge on any atom is 0.224 e. The Morgan fingerprint density at radius 1 is 1.29 bits per heavy atom. The second-order valence-electron chi connectivity index (χ2n) is 6.32. The highest BCUT2D eigenvalue weighted by atomic mass is 35.5. The molecule has 1 amide bonds. The van der Waals surface area contributed by atoms with Crippen molar-refractivity contribution in [2.75, 3.05) is 12.3 Å². The molecular formula is C16H24ClFN2O3S. The molecule has 0 spiro atoms. The van der Waals surface area contributed by atoms with Gasteiger partial charge in [-0.25, -0.2) is 12.8 Å². The fourth-order valence-electron chi connectivity index (χ4n) is 2.96. The van der Waals surface area contributed by atoms with Crippen molar-refractivity contribution in [1.82, 2.24) is 5.32 Å². The normalized spacial score (nSPS) is 17.8. The monoisotopic (exact) mass is 378 g/mol. The molecule has 1 unspecified atom stereocenters. The maximum atomic E-state index is 12.9. The van der Waals surface area contributed by atoms with Gasteiger partial charge in [-0.15, -0.1) is 12.4 Å². The molecule has 0 bridgehead atoms. The van der Waals surface area contributed by atoms with Crippen molar-refractivity contribution in [1.29, 1.82) is 0 Å². The third-order valence-electron chi connectivity index (χ3n) is 4.43. The summed E-state index contributed by atoms with van der Waals surface area (Å²) < 4.78 is 37.5. The number of amides is 1. The van der Waals surface area contributed by atoms with Crippen molar-refractivity contribution in [2.24, 2.45) is 11.7 Å². The Bertz CT molecular complexity index is 658. The third kappa shape index (κ3) is 4.91. The van der Waals surface area contributed by atoms with Gasteiger partial charge in [0.2, 0.25) is 5.91 Å². The smallest absolute Gasteiger partial charge is 0.224 e. The lowest BCUT2D eigenvalue weighted by Gasteiger charge is -2.30. The number of hydrogen-bond donors (Lipinski definition) is 2. The highest BCUT2D eigenvalue weighted by Crippen LogP contribution is 2.29. The Morgan fingerprint density at radius 2 is 1.83 bits per heavy atom. The SMILES string of the molecule is CC(CS(=O)(=O)c1ccc(F)cc1)C(=O)NC1(CN)CCCC1.Cl. The predicted molar refractivity (Wildman–Crippen MR) is 93.3 cm³/mol. The number of carbonyl (C=O) groups is 1. The van der Waals surface area contributed by atoms with Gasteiger partial charge in [-0.1, -0.05) is 19.8 Å². The first-order valence-corrected chi connectivity index (χ1v) is 9.44. The average Bonchev–Trinajstić information content (AvgIpc) is 2.96. The summed E-state index contributed by atoms with van der Waals surface area (Å²) in [7, 11) is -3.64. The number of nitrogens with two attached hydrogens (primary N) is 1. The molecule has 1 aliphatic carbocycles. The number of nitrogens with one attached hydrogen (secondary N) is 1. The van der Waals surface area contributed by atoms with Crippen LogP contribution in [-0.2, 0) is 14.6 Å². The highest BCUT2D eigenvalue weighted by molar-refractivity contribution is 7.91. The van der Waals surface area contributed by atoms with E-state index in [1.165, 1.54) is 12.1 Å². The zero-order chi connectivity index (χ0) is 17.1. The predicted octanol–water partition coefficient (Wildman–Crippen LogP) is 2.05. The number of carbonyl (C=O) groups excluding carboxylic acids is 1. The van der Waals surface area contributed by atoms with Gasteiger partial charge in [-0.3, -0.25) is 4.79 Å². The molecule has 5 nitrogen and oxygen atoms in total. The van der Waals surface area contributed by atoms with Crippen LogP contribution in [0.25, 0.3) is 0 Å². The molecule has 1 aliphatic rings. The summed E-state index contributed by atoms with van der Waals surface area (Å²) >= 11 is 0. The molecule has 2 rings (SSSR count). The molecule has 1 aromatic carbocycles. The van der Waals surface area contributed by atoms with Crippen LogP contribution in [0.2, 0.25) is 0 Å². The second kappa shape index (κ2) is 8.27. The number of sulfone groups is 1. The molecule has 1 saturated carbocycles. The van der Waals surface area contributed by atoms with Crippen molar-refractivity contribution >= 4 is 28.2 Å². The summed E-state index contributed by atoms with van der Waals surface area (Å²) in [6.07, 6.45) is 3.68. The third-order valence-corrected chi connectivity index (χ3v) is 6.36. The van der Waals surface area contributed by atoms with E-state index in [1.807, 2.05) is 0 Å². The summed E-state index contributed by atoms with van der Waals surface area (Å²) in [6, 6.07) is 4.63. The van der Waals surface area contributed by atoms with Crippen molar-refractivity contribution in [3.8, 4) is 0 Å². The minimum atomic E-state index is -3.64. The molecule has 8 heteroatoms. The first kappa shape index (κ1) is 20.9. The average molecular weight is 379 g/mol. The van der Waals surface area contributed by atoms with Crippen molar-refractivity contribution in [2.45, 2.75) is 43.0 Å². The summed E-state index contributed by atoms with van der Waals surface area (Å²) in [5.41, 5.74) is 5.38. The van der Waals surface area contributed by atoms with Gasteiger partial charge in [-0.05, 0) is 37.1 Å². The van der Waals surface area contributed by atoms with E-state index in [9.17, 15) is 17.6 Å². The fraction of sp³-hybridized carbons (Fsp3) is 0.562. The second-order valence-corrected chi connectivity index (χ2v) is 8.35. The number of hydrogen-bond acceptors (Lipinski definition) is 4. The van der Waals surface area contributed by atoms with Crippen LogP contribution in [0.3, 0.4) is 0 Å². The molecular weight excluding hydrogens is 355 g/mol. The van der Waals surface area contributed by atoms with E-state index < -0.39 is 27.1 Å². The molecule has 1 atom stereocenters. The van der Waals surface area contributed by atoms with Gasteiger partial charge >= 0.3 is 0 Å². The Labute approximate surface area is 148 Å². The molecule has 1 aromatic rings. The molecule has 0 aromatic heterocycles. The van der Waals surface area contributed by atoms with Gasteiger partial charge in [0.05, 0.1) is 16.2 Å². The van der Waals surface area contributed by atoms with Crippen LogP contribution in [0, 0.1) is 11.7 Å². The maximum absolute atomic E-state index is 12.9. The topological polar surface area (TPSA) is 89.3 Å². The first-order valence-electron chi connectivity index (χ1n) is 7.78. The van der Waals surface area contributed by atoms with Crippen molar-refractivity contribution in [3.63, 3.8) is 0 Å². The van der Waals surface area contributed by atoms with Gasteiger partial charge < -0.3 is 11.1 Å². The standard InChI is InChI=1S/C16H23FN2O3S.ClH/c1-12(15(20)19-16(11-18)8-2-3-9-16)10-23(21,22)14-6-4-13(17)5-7-14;/h4-7,12H,2-3,8-11,18H2,1H3,(H,19,20);1H. The Balaban J connectivity index is 0.00000288. The van der Waals surface area contributed by atoms with Gasteiger partial charge in [-0.2, -0.15) is 0 Å². The largest absolute Gasteiger partial charge is 0.349 e. The lowest BCUT2D eigenvalue weighted by molar-refractivity contribution is -0.125. The molecule has 0 aliphatic heterocycles. The van der Waals surface area contributed by atoms with Crippen LogP contribution in [-0.4, -0.2) is 32.2 Å². The van der Waals surface area contributed by atoms with E-state index in [0.29, 0.717) is 6.54 Å². The lowest BCUT2D eigenvalue weighted by atomic mass is 9.97. The van der Waals surface area contributed by atoms with E-state index in [1.54, 1.807) is 6.92 Å². The minimum absolute atomic E-state index is 0. The van der Waals surface area contributed by atoms with Crippen molar-refractivity contribution < 1.29 is 17.6 Å². The molecule has 0 saturated heterocycles. The van der Waals surface area contributed by atoms with Gasteiger partial charge in [0, 0.05) is 12.5 Å².